The van der Waals surface area contributed by atoms with Gasteiger partial charge in [-0.2, -0.15) is 0 Å². The van der Waals surface area contributed by atoms with Crippen molar-refractivity contribution in [3.05, 3.63) is 30.1 Å². The number of hydrogen-bond donors (Lipinski definition) is 1. The van der Waals surface area contributed by atoms with Crippen LogP contribution >= 0.6 is 0 Å². The van der Waals surface area contributed by atoms with E-state index in [2.05, 4.69) is 34.7 Å². The third-order valence-corrected chi connectivity index (χ3v) is 4.06. The summed E-state index contributed by atoms with van der Waals surface area (Å²) < 4.78 is 2.29. The molecule has 0 amide bonds. The van der Waals surface area contributed by atoms with Gasteiger partial charge in [0.2, 0.25) is 0 Å². The number of aliphatic hydroxyl groups is 1. The largest absolute Gasteiger partial charge is 0.400 e. The van der Waals surface area contributed by atoms with Crippen LogP contribution in [0.2, 0.25) is 0 Å². The van der Waals surface area contributed by atoms with Gasteiger partial charge < -0.3 is 14.5 Å². The summed E-state index contributed by atoms with van der Waals surface area (Å²) in [6.45, 7) is 2.09. The van der Waals surface area contributed by atoms with Crippen LogP contribution in [0.1, 0.15) is 37.3 Å². The van der Waals surface area contributed by atoms with Crippen LogP contribution in [0, 0.1) is 12.8 Å². The molecule has 1 fully saturated rings. The monoisotopic (exact) mass is 274 g/mol. The molecular weight excluding hydrogens is 252 g/mol. The van der Waals surface area contributed by atoms with Gasteiger partial charge >= 0.3 is 0 Å². The lowest BCUT2D eigenvalue weighted by atomic mass is 9.87. The number of benzene rings is 1. The van der Waals surface area contributed by atoms with E-state index in [0.717, 1.165) is 44.6 Å². The second-order valence-electron chi connectivity index (χ2n) is 5.35. The highest BCUT2D eigenvalue weighted by molar-refractivity contribution is 5.76. The van der Waals surface area contributed by atoms with E-state index in [0.29, 0.717) is 6.04 Å². The first-order chi connectivity index (χ1) is 9.78. The smallest absolute Gasteiger partial charge is 0.123 e. The Hall–Kier alpha value is -1.68. The van der Waals surface area contributed by atoms with Crippen molar-refractivity contribution in [3.8, 4) is 0 Å². The highest BCUT2D eigenvalue weighted by Gasteiger charge is 2.22. The first-order valence-corrected chi connectivity index (χ1v) is 7.11. The molecule has 20 heavy (non-hydrogen) atoms. The summed E-state index contributed by atoms with van der Waals surface area (Å²) in [7, 11) is 1.00. The molecular formula is C16H22N2O2. The lowest BCUT2D eigenvalue weighted by molar-refractivity contribution is -0.112. The minimum atomic E-state index is 0.276. The van der Waals surface area contributed by atoms with Crippen molar-refractivity contribution in [2.24, 2.45) is 5.92 Å². The van der Waals surface area contributed by atoms with Crippen LogP contribution in [-0.4, -0.2) is 28.1 Å². The van der Waals surface area contributed by atoms with E-state index >= 15 is 0 Å². The average Bonchev–Trinajstić information content (AvgIpc) is 2.92. The highest BCUT2D eigenvalue weighted by Crippen LogP contribution is 2.33. The molecule has 1 aromatic carbocycles. The van der Waals surface area contributed by atoms with Crippen LogP contribution < -0.4 is 0 Å². The number of imidazole rings is 1. The Bertz CT molecular complexity index is 569. The number of aryl methyl sites for hydroxylation is 1. The summed E-state index contributed by atoms with van der Waals surface area (Å²) in [5.74, 6) is 0.276. The molecule has 0 atom stereocenters. The van der Waals surface area contributed by atoms with Crippen molar-refractivity contribution in [2.75, 3.05) is 7.11 Å². The number of aldehydes is 1. The van der Waals surface area contributed by atoms with Gasteiger partial charge in [0, 0.05) is 19.1 Å². The molecule has 0 bridgehead atoms. The molecule has 1 aliphatic carbocycles. The van der Waals surface area contributed by atoms with Gasteiger partial charge in [0.1, 0.15) is 6.29 Å². The molecule has 1 aliphatic rings. The van der Waals surface area contributed by atoms with Crippen LogP contribution in [0.25, 0.3) is 11.0 Å². The average molecular weight is 274 g/mol. The van der Waals surface area contributed by atoms with Crippen molar-refractivity contribution < 1.29 is 9.90 Å². The number of fused-ring (bicyclic) bond motifs is 1. The molecule has 0 saturated heterocycles. The fourth-order valence-corrected chi connectivity index (χ4v) is 2.95. The molecule has 4 nitrogen and oxygen atoms in total. The molecule has 1 aromatic heterocycles. The summed E-state index contributed by atoms with van der Waals surface area (Å²) >= 11 is 0. The summed E-state index contributed by atoms with van der Waals surface area (Å²) in [6, 6.07) is 6.93. The van der Waals surface area contributed by atoms with Crippen LogP contribution in [0.3, 0.4) is 0 Å². The van der Waals surface area contributed by atoms with Crippen molar-refractivity contribution in [2.45, 2.75) is 38.6 Å². The van der Waals surface area contributed by atoms with Crippen LogP contribution in [0.4, 0.5) is 0 Å². The van der Waals surface area contributed by atoms with Crippen LogP contribution in [-0.2, 0) is 4.79 Å². The Balaban J connectivity index is 0.000000704. The van der Waals surface area contributed by atoms with Crippen LogP contribution in [0.15, 0.2) is 24.5 Å². The number of aliphatic hydroxyl groups excluding tert-OH is 1. The zero-order valence-electron chi connectivity index (χ0n) is 12.1. The SMILES string of the molecule is CO.Cc1ccc2c(c1)ncn2C1CCC(C=O)CC1. The molecule has 0 spiro atoms. The van der Waals surface area contributed by atoms with E-state index < -0.39 is 0 Å². The van der Waals surface area contributed by atoms with Crippen molar-refractivity contribution in [3.63, 3.8) is 0 Å². The lowest BCUT2D eigenvalue weighted by Gasteiger charge is -2.26. The Morgan fingerprint density at radius 3 is 2.60 bits per heavy atom. The molecule has 3 rings (SSSR count). The summed E-state index contributed by atoms with van der Waals surface area (Å²) in [5.41, 5.74) is 3.54. The first kappa shape index (κ1) is 14.7. The predicted molar refractivity (Wildman–Crippen MR) is 79.7 cm³/mol. The zero-order valence-corrected chi connectivity index (χ0v) is 12.1. The Morgan fingerprint density at radius 1 is 1.25 bits per heavy atom. The topological polar surface area (TPSA) is 55.1 Å². The molecule has 0 unspecified atom stereocenters. The van der Waals surface area contributed by atoms with E-state index in [1.165, 1.54) is 11.1 Å². The molecule has 0 aliphatic heterocycles. The van der Waals surface area contributed by atoms with Crippen molar-refractivity contribution >= 4 is 17.3 Å². The first-order valence-electron chi connectivity index (χ1n) is 7.11. The number of nitrogens with zero attached hydrogens (tertiary/aromatic N) is 2. The number of carbonyl (C=O) groups is 1. The molecule has 2 aromatic rings. The number of aromatic nitrogens is 2. The van der Waals surface area contributed by atoms with Gasteiger partial charge in [-0.3, -0.25) is 0 Å². The fourth-order valence-electron chi connectivity index (χ4n) is 2.95. The fraction of sp³-hybridized carbons (Fsp3) is 0.500. The minimum Gasteiger partial charge on any atom is -0.400 e. The predicted octanol–water partition coefficient (Wildman–Crippen LogP) is 2.88. The number of carbonyl (C=O) groups excluding carboxylic acids is 1. The van der Waals surface area contributed by atoms with Gasteiger partial charge in [-0.15, -0.1) is 0 Å². The second-order valence-corrected chi connectivity index (χ2v) is 5.35. The molecule has 108 valence electrons. The van der Waals surface area contributed by atoms with E-state index in [-0.39, 0.29) is 5.92 Å². The lowest BCUT2D eigenvalue weighted by Crippen LogP contribution is -2.18. The zero-order chi connectivity index (χ0) is 14.5. The van der Waals surface area contributed by atoms with Gasteiger partial charge in [-0.25, -0.2) is 4.98 Å². The van der Waals surface area contributed by atoms with E-state index in [4.69, 9.17) is 5.11 Å². The van der Waals surface area contributed by atoms with Crippen molar-refractivity contribution in [1.29, 1.82) is 0 Å². The number of hydrogen-bond acceptors (Lipinski definition) is 3. The minimum absolute atomic E-state index is 0.276. The van der Waals surface area contributed by atoms with E-state index in [9.17, 15) is 4.79 Å². The molecule has 1 heterocycles. The standard InChI is InChI=1S/C15H18N2O.CH4O/c1-11-2-7-15-14(8-11)16-10-17(15)13-5-3-12(9-18)4-6-13;1-2/h2,7-10,12-13H,3-6H2,1H3;2H,1H3. The Morgan fingerprint density at radius 2 is 1.95 bits per heavy atom. The van der Waals surface area contributed by atoms with Gasteiger partial charge in [-0.05, 0) is 50.3 Å². The molecule has 1 saturated carbocycles. The van der Waals surface area contributed by atoms with E-state index in [1.807, 2.05) is 6.33 Å². The van der Waals surface area contributed by atoms with Gasteiger partial charge in [0.05, 0.1) is 17.4 Å². The summed E-state index contributed by atoms with van der Waals surface area (Å²) in [4.78, 5) is 15.3. The quantitative estimate of drug-likeness (QED) is 0.857. The number of rotatable bonds is 2. The van der Waals surface area contributed by atoms with E-state index in [1.54, 1.807) is 0 Å². The van der Waals surface area contributed by atoms with Crippen LogP contribution in [0.5, 0.6) is 0 Å². The normalized spacial score (nSPS) is 22.1. The van der Waals surface area contributed by atoms with Gasteiger partial charge in [0.25, 0.3) is 0 Å². The second kappa shape index (κ2) is 6.66. The Kier molecular flexibility index (Phi) is 4.90. The maximum atomic E-state index is 10.8. The van der Waals surface area contributed by atoms with Gasteiger partial charge in [-0.1, -0.05) is 6.07 Å². The third kappa shape index (κ3) is 2.90. The highest BCUT2D eigenvalue weighted by atomic mass is 16.2. The molecule has 0 radical (unpaired) electrons. The van der Waals surface area contributed by atoms with Crippen molar-refractivity contribution in [1.82, 2.24) is 9.55 Å². The Labute approximate surface area is 119 Å². The van der Waals surface area contributed by atoms with Gasteiger partial charge in [0.15, 0.2) is 0 Å². The molecule has 4 heteroatoms. The summed E-state index contributed by atoms with van der Waals surface area (Å²) in [5, 5.41) is 7.00. The summed E-state index contributed by atoms with van der Waals surface area (Å²) in [6.07, 6.45) is 7.27. The molecule has 1 N–H and O–H groups in total. The third-order valence-electron chi connectivity index (χ3n) is 4.06. The maximum Gasteiger partial charge on any atom is 0.123 e. The maximum absolute atomic E-state index is 10.8.